The predicted octanol–water partition coefficient (Wildman–Crippen LogP) is 3.22. The first kappa shape index (κ1) is 13.6. The lowest BCUT2D eigenvalue weighted by Gasteiger charge is -2.29. The second-order valence-electron chi connectivity index (χ2n) is 5.67. The predicted molar refractivity (Wildman–Crippen MR) is 82.2 cm³/mol. The highest BCUT2D eigenvalue weighted by Crippen LogP contribution is 2.32. The van der Waals surface area contributed by atoms with Crippen LogP contribution in [0.3, 0.4) is 0 Å². The topological polar surface area (TPSA) is 44.1 Å². The average Bonchev–Trinajstić information content (AvgIpc) is 2.86. The Labute approximate surface area is 125 Å². The van der Waals surface area contributed by atoms with Crippen molar-refractivity contribution in [2.45, 2.75) is 26.2 Å². The van der Waals surface area contributed by atoms with Gasteiger partial charge in [0.15, 0.2) is 0 Å². The Morgan fingerprint density at radius 1 is 1.10 bits per heavy atom. The molecule has 0 radical (unpaired) electrons. The minimum Gasteiger partial charge on any atom is -0.370 e. The molecule has 1 fully saturated rings. The average molecular weight is 278 g/mol. The molecular weight excluding hydrogens is 260 g/mol. The van der Waals surface area contributed by atoms with E-state index >= 15 is 0 Å². The molecule has 3 rings (SSSR count). The highest BCUT2D eigenvalue weighted by atomic mass is 16.1. The maximum Gasteiger partial charge on any atom is 0.206 e. The number of allylic oxidation sites excluding steroid dienone is 3. The van der Waals surface area contributed by atoms with Gasteiger partial charge >= 0.3 is 0 Å². The normalized spacial score (nSPS) is 18.8. The Balaban J connectivity index is 1.96. The summed E-state index contributed by atoms with van der Waals surface area (Å²) in [7, 11) is 0. The number of carbonyl (C=O) groups is 1. The monoisotopic (exact) mass is 278 g/mol. The molecule has 0 aromatic heterocycles. The first-order valence-electron chi connectivity index (χ1n) is 7.43. The lowest BCUT2D eigenvalue weighted by Crippen LogP contribution is -2.28. The molecule has 1 aromatic rings. The fourth-order valence-corrected chi connectivity index (χ4v) is 2.97. The zero-order valence-electron chi connectivity index (χ0n) is 12.2. The standard InChI is InChI=1S/C18H18N2O/c1-13-5-7-14(8-6-13)15-11-17(16(12-19)18(15)21)20-9-3-2-4-10-20/h5-8,11H,2-4,9-10H2,1H3. The van der Waals surface area contributed by atoms with Gasteiger partial charge in [0, 0.05) is 18.7 Å². The van der Waals surface area contributed by atoms with Crippen LogP contribution in [0.15, 0.2) is 41.6 Å². The number of rotatable bonds is 2. The van der Waals surface area contributed by atoms with Gasteiger partial charge in [-0.05, 0) is 37.8 Å². The SMILES string of the molecule is Cc1ccc(C2=CC(N3CCCCC3)=C(C#N)C2=O)cc1. The third-order valence-electron chi connectivity index (χ3n) is 4.18. The van der Waals surface area contributed by atoms with Crippen molar-refractivity contribution in [1.82, 2.24) is 4.90 Å². The summed E-state index contributed by atoms with van der Waals surface area (Å²) in [5.41, 5.74) is 3.82. The number of piperidine rings is 1. The lowest BCUT2D eigenvalue weighted by molar-refractivity contribution is -0.110. The number of ketones is 1. The molecular formula is C18H18N2O. The van der Waals surface area contributed by atoms with Crippen LogP contribution in [0.2, 0.25) is 0 Å². The Hall–Kier alpha value is -2.34. The molecule has 1 aromatic carbocycles. The molecule has 21 heavy (non-hydrogen) atoms. The minimum absolute atomic E-state index is 0.137. The summed E-state index contributed by atoms with van der Waals surface area (Å²) in [6, 6.07) is 10.0. The smallest absolute Gasteiger partial charge is 0.206 e. The molecule has 3 nitrogen and oxygen atoms in total. The fraction of sp³-hybridized carbons (Fsp3) is 0.333. The summed E-state index contributed by atoms with van der Waals surface area (Å²) in [5, 5.41) is 9.36. The third-order valence-corrected chi connectivity index (χ3v) is 4.18. The van der Waals surface area contributed by atoms with Crippen LogP contribution in [0, 0.1) is 18.3 Å². The molecule has 0 bridgehead atoms. The molecule has 0 saturated carbocycles. The Bertz CT molecular complexity index is 668. The molecule has 0 atom stereocenters. The molecule has 1 aliphatic heterocycles. The summed E-state index contributed by atoms with van der Waals surface area (Å²) in [6.45, 7) is 3.89. The van der Waals surface area contributed by atoms with Gasteiger partial charge in [0.2, 0.25) is 5.78 Å². The number of aryl methyl sites for hydroxylation is 1. The number of hydrogen-bond donors (Lipinski definition) is 0. The van der Waals surface area contributed by atoms with Crippen LogP contribution in [0.25, 0.3) is 5.57 Å². The van der Waals surface area contributed by atoms with E-state index in [4.69, 9.17) is 0 Å². The van der Waals surface area contributed by atoms with Gasteiger partial charge in [-0.3, -0.25) is 4.79 Å². The van der Waals surface area contributed by atoms with E-state index in [1.54, 1.807) is 0 Å². The van der Waals surface area contributed by atoms with Gasteiger partial charge in [0.05, 0.1) is 5.70 Å². The molecule has 0 unspecified atom stereocenters. The van der Waals surface area contributed by atoms with E-state index in [0.717, 1.165) is 42.8 Å². The van der Waals surface area contributed by atoms with Crippen molar-refractivity contribution in [3.8, 4) is 6.07 Å². The van der Waals surface area contributed by atoms with Gasteiger partial charge in [0.1, 0.15) is 11.6 Å². The van der Waals surface area contributed by atoms with E-state index in [-0.39, 0.29) is 5.78 Å². The minimum atomic E-state index is -0.137. The molecule has 1 heterocycles. The zero-order chi connectivity index (χ0) is 14.8. The third kappa shape index (κ3) is 2.50. The van der Waals surface area contributed by atoms with Gasteiger partial charge in [0.25, 0.3) is 0 Å². The van der Waals surface area contributed by atoms with Crippen molar-refractivity contribution in [1.29, 1.82) is 5.26 Å². The molecule has 106 valence electrons. The summed E-state index contributed by atoms with van der Waals surface area (Å²) in [6.07, 6.45) is 5.39. The summed E-state index contributed by atoms with van der Waals surface area (Å²) in [5.74, 6) is -0.137. The van der Waals surface area contributed by atoms with Gasteiger partial charge < -0.3 is 4.90 Å². The van der Waals surface area contributed by atoms with Crippen molar-refractivity contribution in [3.05, 3.63) is 52.7 Å². The van der Waals surface area contributed by atoms with Crippen LogP contribution < -0.4 is 0 Å². The number of benzene rings is 1. The highest BCUT2D eigenvalue weighted by Gasteiger charge is 2.29. The van der Waals surface area contributed by atoms with Gasteiger partial charge in [-0.15, -0.1) is 0 Å². The van der Waals surface area contributed by atoms with Crippen molar-refractivity contribution >= 4 is 11.4 Å². The van der Waals surface area contributed by atoms with Crippen LogP contribution in [0.1, 0.15) is 30.4 Å². The molecule has 0 amide bonds. The van der Waals surface area contributed by atoms with Crippen LogP contribution in [-0.4, -0.2) is 23.8 Å². The van der Waals surface area contributed by atoms with Crippen LogP contribution in [0.4, 0.5) is 0 Å². The molecule has 1 aliphatic carbocycles. The van der Waals surface area contributed by atoms with Crippen molar-refractivity contribution in [2.75, 3.05) is 13.1 Å². The van der Waals surface area contributed by atoms with E-state index in [2.05, 4.69) is 11.0 Å². The largest absolute Gasteiger partial charge is 0.370 e. The second-order valence-corrected chi connectivity index (χ2v) is 5.67. The maximum atomic E-state index is 12.5. The van der Waals surface area contributed by atoms with Crippen LogP contribution in [0.5, 0.6) is 0 Å². The van der Waals surface area contributed by atoms with E-state index in [0.29, 0.717) is 11.1 Å². The Morgan fingerprint density at radius 2 is 1.76 bits per heavy atom. The lowest BCUT2D eigenvalue weighted by atomic mass is 10.0. The number of likely N-dealkylation sites (tertiary alicyclic amines) is 1. The van der Waals surface area contributed by atoms with Crippen molar-refractivity contribution in [2.24, 2.45) is 0 Å². The Kier molecular flexibility index (Phi) is 3.62. The second kappa shape index (κ2) is 5.57. The van der Waals surface area contributed by atoms with Gasteiger partial charge in [-0.1, -0.05) is 29.8 Å². The number of nitrogens with zero attached hydrogens (tertiary/aromatic N) is 2. The number of Topliss-reactive ketones (excluding diaryl/α,β-unsaturated/α-hetero) is 1. The quantitative estimate of drug-likeness (QED) is 0.834. The summed E-state index contributed by atoms with van der Waals surface area (Å²) >= 11 is 0. The maximum absolute atomic E-state index is 12.5. The summed E-state index contributed by atoms with van der Waals surface area (Å²) < 4.78 is 0. The summed E-state index contributed by atoms with van der Waals surface area (Å²) in [4.78, 5) is 14.7. The van der Waals surface area contributed by atoms with Crippen LogP contribution >= 0.6 is 0 Å². The van der Waals surface area contributed by atoms with E-state index < -0.39 is 0 Å². The first-order valence-corrected chi connectivity index (χ1v) is 7.43. The number of carbonyl (C=O) groups excluding carboxylic acids is 1. The van der Waals surface area contributed by atoms with Gasteiger partial charge in [-0.2, -0.15) is 5.26 Å². The first-order chi connectivity index (χ1) is 10.2. The van der Waals surface area contributed by atoms with E-state index in [1.165, 1.54) is 6.42 Å². The fourth-order valence-electron chi connectivity index (χ4n) is 2.97. The number of nitriles is 1. The molecule has 0 spiro atoms. The van der Waals surface area contributed by atoms with Gasteiger partial charge in [-0.25, -0.2) is 0 Å². The Morgan fingerprint density at radius 3 is 2.38 bits per heavy atom. The van der Waals surface area contributed by atoms with Crippen LogP contribution in [-0.2, 0) is 4.79 Å². The molecule has 0 N–H and O–H groups in total. The highest BCUT2D eigenvalue weighted by molar-refractivity contribution is 6.33. The zero-order valence-corrected chi connectivity index (χ0v) is 12.2. The van der Waals surface area contributed by atoms with E-state index in [9.17, 15) is 10.1 Å². The molecule has 3 heteroatoms. The van der Waals surface area contributed by atoms with E-state index in [1.807, 2.05) is 37.3 Å². The van der Waals surface area contributed by atoms with Crippen molar-refractivity contribution in [3.63, 3.8) is 0 Å². The van der Waals surface area contributed by atoms with Crippen molar-refractivity contribution < 1.29 is 4.79 Å². The molecule has 1 saturated heterocycles. The number of hydrogen-bond acceptors (Lipinski definition) is 3. The molecule has 2 aliphatic rings.